The van der Waals surface area contributed by atoms with Crippen LogP contribution in [0.3, 0.4) is 0 Å². The van der Waals surface area contributed by atoms with Gasteiger partial charge in [0.1, 0.15) is 11.6 Å². The van der Waals surface area contributed by atoms with Crippen molar-refractivity contribution < 1.29 is 9.90 Å². The zero-order valence-electron chi connectivity index (χ0n) is 13.4. The minimum atomic E-state index is -0.801. The van der Waals surface area contributed by atoms with E-state index in [-0.39, 0.29) is 12.5 Å². The van der Waals surface area contributed by atoms with Crippen molar-refractivity contribution in [3.05, 3.63) is 53.9 Å². The molecule has 1 atom stereocenters. The number of carboxylic acids is 1. The van der Waals surface area contributed by atoms with E-state index in [1.165, 1.54) is 4.63 Å². The third-order valence-electron chi connectivity index (χ3n) is 3.70. The summed E-state index contributed by atoms with van der Waals surface area (Å²) in [5, 5.41) is 20.9. The molecular weight excluding hydrogens is 306 g/mol. The van der Waals surface area contributed by atoms with Crippen LogP contribution >= 0.6 is 0 Å². The fraction of sp³-hybridized carbons (Fsp3) is 0.294. The fourth-order valence-electron chi connectivity index (χ4n) is 2.60. The normalized spacial score (nSPS) is 12.2. The van der Waals surface area contributed by atoms with Gasteiger partial charge in [-0.15, -0.1) is 14.8 Å². The van der Waals surface area contributed by atoms with E-state index in [0.717, 1.165) is 12.0 Å². The van der Waals surface area contributed by atoms with Crippen molar-refractivity contribution in [3.8, 4) is 0 Å². The maximum absolute atomic E-state index is 10.9. The lowest BCUT2D eigenvalue weighted by atomic mass is 10.0. The molecule has 0 aliphatic heterocycles. The Balaban J connectivity index is 1.76. The molecule has 0 aliphatic rings. The van der Waals surface area contributed by atoms with Crippen LogP contribution in [-0.4, -0.2) is 36.9 Å². The van der Waals surface area contributed by atoms with Gasteiger partial charge in [-0.25, -0.2) is 4.98 Å². The van der Waals surface area contributed by atoms with Gasteiger partial charge in [0.05, 0.1) is 0 Å². The molecule has 3 aromatic rings. The van der Waals surface area contributed by atoms with E-state index in [0.29, 0.717) is 23.7 Å². The van der Waals surface area contributed by atoms with Crippen LogP contribution < -0.4 is 5.32 Å². The second-order valence-corrected chi connectivity index (χ2v) is 5.69. The van der Waals surface area contributed by atoms with Crippen molar-refractivity contribution in [1.29, 1.82) is 0 Å². The van der Waals surface area contributed by atoms with Gasteiger partial charge in [-0.3, -0.25) is 4.79 Å². The summed E-state index contributed by atoms with van der Waals surface area (Å²) in [4.78, 5) is 15.2. The Morgan fingerprint density at radius 1 is 1.21 bits per heavy atom. The average molecular weight is 325 g/mol. The summed E-state index contributed by atoms with van der Waals surface area (Å²) in [5.41, 5.74) is 1.83. The summed E-state index contributed by atoms with van der Waals surface area (Å²) in [6.07, 6.45) is 1.35. The highest BCUT2D eigenvalue weighted by Crippen LogP contribution is 2.14. The second-order valence-electron chi connectivity index (χ2n) is 5.69. The molecule has 0 saturated carbocycles. The summed E-state index contributed by atoms with van der Waals surface area (Å²) in [6.45, 7) is 1.81. The number of anilines is 1. The minimum absolute atomic E-state index is 0.0296. The molecular formula is C17H19N5O2. The Labute approximate surface area is 139 Å². The highest BCUT2D eigenvalue weighted by atomic mass is 16.4. The highest BCUT2D eigenvalue weighted by molar-refractivity contribution is 5.66. The lowest BCUT2D eigenvalue weighted by molar-refractivity contribution is -0.137. The van der Waals surface area contributed by atoms with E-state index >= 15 is 0 Å². The van der Waals surface area contributed by atoms with Crippen LogP contribution in [0.15, 0.2) is 42.5 Å². The fourth-order valence-corrected chi connectivity index (χ4v) is 2.60. The van der Waals surface area contributed by atoms with E-state index in [9.17, 15) is 4.79 Å². The Bertz CT molecular complexity index is 831. The summed E-state index contributed by atoms with van der Waals surface area (Å²) in [5.74, 6) is 0.509. The molecule has 2 aromatic heterocycles. The van der Waals surface area contributed by atoms with Gasteiger partial charge in [0.25, 0.3) is 0 Å². The molecule has 0 radical (unpaired) electrons. The Hall–Kier alpha value is -2.96. The Kier molecular flexibility index (Phi) is 4.69. The third-order valence-corrected chi connectivity index (χ3v) is 3.70. The number of benzene rings is 1. The standard InChI is InChI=1S/C17H19N5O2/c1-12-18-16-9-8-15(21-22(16)20-12)19-14(7-10-17(23)24)11-13-5-3-2-4-6-13/h2-6,8-9,14H,7,10-11H2,1H3,(H,19,21)(H,23,24). The largest absolute Gasteiger partial charge is 0.481 e. The number of aryl methyl sites for hydroxylation is 1. The third kappa shape index (κ3) is 4.07. The molecule has 24 heavy (non-hydrogen) atoms. The Morgan fingerprint density at radius 2 is 2.00 bits per heavy atom. The molecule has 7 nitrogen and oxygen atoms in total. The van der Waals surface area contributed by atoms with E-state index < -0.39 is 5.97 Å². The molecule has 0 saturated heterocycles. The second kappa shape index (κ2) is 7.08. The number of carbonyl (C=O) groups is 1. The van der Waals surface area contributed by atoms with E-state index in [1.807, 2.05) is 49.4 Å². The van der Waals surface area contributed by atoms with Crippen molar-refractivity contribution in [1.82, 2.24) is 19.8 Å². The highest BCUT2D eigenvalue weighted by Gasteiger charge is 2.13. The topological polar surface area (TPSA) is 92.4 Å². The first kappa shape index (κ1) is 15.9. The molecule has 1 unspecified atom stereocenters. The molecule has 7 heteroatoms. The number of fused-ring (bicyclic) bond motifs is 1. The van der Waals surface area contributed by atoms with Gasteiger partial charge in [0.15, 0.2) is 5.65 Å². The summed E-state index contributed by atoms with van der Waals surface area (Å²) in [6, 6.07) is 13.6. The molecule has 2 heterocycles. The van der Waals surface area contributed by atoms with Gasteiger partial charge < -0.3 is 10.4 Å². The van der Waals surface area contributed by atoms with Gasteiger partial charge in [-0.05, 0) is 37.5 Å². The average Bonchev–Trinajstić information content (AvgIpc) is 2.93. The molecule has 0 aliphatic carbocycles. The van der Waals surface area contributed by atoms with Crippen LogP contribution in [0, 0.1) is 6.92 Å². The Morgan fingerprint density at radius 3 is 2.75 bits per heavy atom. The molecule has 0 fully saturated rings. The quantitative estimate of drug-likeness (QED) is 0.692. The van der Waals surface area contributed by atoms with Crippen molar-refractivity contribution >= 4 is 17.4 Å². The van der Waals surface area contributed by atoms with Crippen molar-refractivity contribution in [2.75, 3.05) is 5.32 Å². The van der Waals surface area contributed by atoms with Crippen molar-refractivity contribution in [3.63, 3.8) is 0 Å². The van der Waals surface area contributed by atoms with E-state index in [1.54, 1.807) is 0 Å². The number of aliphatic carboxylic acids is 1. The predicted molar refractivity (Wildman–Crippen MR) is 89.9 cm³/mol. The monoisotopic (exact) mass is 325 g/mol. The lowest BCUT2D eigenvalue weighted by Gasteiger charge is -2.18. The number of carboxylic acid groups (broad SMARTS) is 1. The number of nitrogens with one attached hydrogen (secondary N) is 1. The smallest absolute Gasteiger partial charge is 0.303 e. The lowest BCUT2D eigenvalue weighted by Crippen LogP contribution is -2.24. The van der Waals surface area contributed by atoms with Gasteiger partial charge in [-0.2, -0.15) is 0 Å². The zero-order valence-corrected chi connectivity index (χ0v) is 13.4. The maximum atomic E-state index is 10.9. The molecule has 2 N–H and O–H groups in total. The van der Waals surface area contributed by atoms with Crippen LogP contribution in [0.2, 0.25) is 0 Å². The molecule has 0 amide bonds. The van der Waals surface area contributed by atoms with Crippen LogP contribution in [0.5, 0.6) is 0 Å². The first-order valence-corrected chi connectivity index (χ1v) is 7.83. The molecule has 3 rings (SSSR count). The van der Waals surface area contributed by atoms with Crippen LogP contribution in [0.1, 0.15) is 24.2 Å². The maximum Gasteiger partial charge on any atom is 0.303 e. The number of hydrogen-bond donors (Lipinski definition) is 2. The number of nitrogens with zero attached hydrogens (tertiary/aromatic N) is 4. The van der Waals surface area contributed by atoms with Gasteiger partial charge in [0, 0.05) is 12.5 Å². The summed E-state index contributed by atoms with van der Waals surface area (Å²) < 4.78 is 1.48. The summed E-state index contributed by atoms with van der Waals surface area (Å²) in [7, 11) is 0. The molecule has 0 spiro atoms. The van der Waals surface area contributed by atoms with Gasteiger partial charge >= 0.3 is 5.97 Å². The predicted octanol–water partition coefficient (Wildman–Crippen LogP) is 2.32. The number of aromatic nitrogens is 4. The van der Waals surface area contributed by atoms with Crippen LogP contribution in [0.25, 0.3) is 5.65 Å². The summed E-state index contributed by atoms with van der Waals surface area (Å²) >= 11 is 0. The molecule has 0 bridgehead atoms. The SMILES string of the molecule is Cc1nc2ccc(NC(CCC(=O)O)Cc3ccccc3)nn2n1. The first-order valence-electron chi connectivity index (χ1n) is 7.83. The van der Waals surface area contributed by atoms with Crippen LogP contribution in [0.4, 0.5) is 5.82 Å². The van der Waals surface area contributed by atoms with E-state index in [2.05, 4.69) is 20.5 Å². The molecule has 124 valence electrons. The van der Waals surface area contributed by atoms with Gasteiger partial charge in [0.2, 0.25) is 0 Å². The minimum Gasteiger partial charge on any atom is -0.481 e. The van der Waals surface area contributed by atoms with Crippen molar-refractivity contribution in [2.45, 2.75) is 32.2 Å². The zero-order chi connectivity index (χ0) is 16.9. The first-order chi connectivity index (χ1) is 11.6. The van der Waals surface area contributed by atoms with E-state index in [4.69, 9.17) is 5.11 Å². The van der Waals surface area contributed by atoms with Crippen LogP contribution in [-0.2, 0) is 11.2 Å². The number of hydrogen-bond acceptors (Lipinski definition) is 5. The molecule has 1 aromatic carbocycles. The van der Waals surface area contributed by atoms with Gasteiger partial charge in [-0.1, -0.05) is 30.3 Å². The van der Waals surface area contributed by atoms with Crippen molar-refractivity contribution in [2.24, 2.45) is 0 Å². The number of rotatable bonds is 7.